The molecule has 0 bridgehead atoms. The van der Waals surface area contributed by atoms with Crippen molar-refractivity contribution in [2.24, 2.45) is 17.8 Å². The molecule has 0 aromatic carbocycles. The number of aliphatic hydroxyl groups is 1. The van der Waals surface area contributed by atoms with Crippen molar-refractivity contribution in [1.29, 1.82) is 0 Å². The smallest absolute Gasteiger partial charge is 0.0729 e. The Balaban J connectivity index is 1.80. The highest BCUT2D eigenvalue weighted by atomic mass is 16.5. The van der Waals surface area contributed by atoms with Crippen molar-refractivity contribution >= 4 is 0 Å². The van der Waals surface area contributed by atoms with E-state index in [0.29, 0.717) is 11.8 Å². The zero-order chi connectivity index (χ0) is 8.18. The van der Waals surface area contributed by atoms with Gasteiger partial charge in [0.25, 0.3) is 0 Å². The van der Waals surface area contributed by atoms with Crippen molar-refractivity contribution in [1.82, 2.24) is 0 Å². The minimum absolute atomic E-state index is 0.318. The second kappa shape index (κ2) is 2.24. The van der Waals surface area contributed by atoms with Crippen LogP contribution in [0.15, 0.2) is 0 Å². The van der Waals surface area contributed by atoms with Gasteiger partial charge in [0, 0.05) is 12.5 Å². The first-order valence-corrected chi connectivity index (χ1v) is 5.11. The van der Waals surface area contributed by atoms with E-state index in [9.17, 15) is 5.11 Å². The van der Waals surface area contributed by atoms with Gasteiger partial charge >= 0.3 is 0 Å². The average Bonchev–Trinajstić information content (AvgIpc) is 2.55. The average molecular weight is 168 g/mol. The van der Waals surface area contributed by atoms with Gasteiger partial charge in [-0.2, -0.15) is 0 Å². The normalized spacial score (nSPS) is 57.2. The third-order valence-electron chi connectivity index (χ3n) is 4.12. The maximum Gasteiger partial charge on any atom is 0.0729 e. The fourth-order valence-electron chi connectivity index (χ4n) is 3.22. The lowest BCUT2D eigenvalue weighted by molar-refractivity contribution is -0.0349. The van der Waals surface area contributed by atoms with E-state index < -0.39 is 0 Å². The molecule has 0 amide bonds. The van der Waals surface area contributed by atoms with E-state index in [1.165, 1.54) is 12.8 Å². The Bertz CT molecular complexity index is 198. The van der Waals surface area contributed by atoms with E-state index in [1.54, 1.807) is 0 Å². The van der Waals surface area contributed by atoms with Crippen LogP contribution in [0.3, 0.4) is 0 Å². The summed E-state index contributed by atoms with van der Waals surface area (Å²) in [5, 5.41) is 10.4. The lowest BCUT2D eigenvalue weighted by Gasteiger charge is -2.30. The standard InChI is InChI=1S/C10H16O2/c11-10(8-2-4-12-6-8)3-1-7-5-9(7)10/h7-9,11H,1-6H2. The summed E-state index contributed by atoms with van der Waals surface area (Å²) >= 11 is 0. The summed E-state index contributed by atoms with van der Waals surface area (Å²) in [6, 6.07) is 0. The van der Waals surface area contributed by atoms with Crippen LogP contribution in [0.4, 0.5) is 0 Å². The van der Waals surface area contributed by atoms with Gasteiger partial charge in [-0.05, 0) is 37.5 Å². The van der Waals surface area contributed by atoms with E-state index in [-0.39, 0.29) is 5.60 Å². The van der Waals surface area contributed by atoms with Gasteiger partial charge in [-0.25, -0.2) is 0 Å². The largest absolute Gasteiger partial charge is 0.389 e. The Morgan fingerprint density at radius 3 is 2.75 bits per heavy atom. The van der Waals surface area contributed by atoms with Gasteiger partial charge < -0.3 is 9.84 Å². The van der Waals surface area contributed by atoms with Gasteiger partial charge in [0.05, 0.1) is 12.2 Å². The van der Waals surface area contributed by atoms with Crippen LogP contribution < -0.4 is 0 Å². The van der Waals surface area contributed by atoms with Crippen LogP contribution in [-0.4, -0.2) is 23.9 Å². The van der Waals surface area contributed by atoms with Gasteiger partial charge in [-0.3, -0.25) is 0 Å². The zero-order valence-electron chi connectivity index (χ0n) is 7.33. The lowest BCUT2D eigenvalue weighted by atomic mass is 9.82. The Morgan fingerprint density at radius 1 is 1.33 bits per heavy atom. The molecule has 2 aliphatic carbocycles. The van der Waals surface area contributed by atoms with Crippen LogP contribution >= 0.6 is 0 Å². The maximum atomic E-state index is 10.4. The van der Waals surface area contributed by atoms with E-state index in [2.05, 4.69) is 0 Å². The summed E-state index contributed by atoms with van der Waals surface area (Å²) in [4.78, 5) is 0. The van der Waals surface area contributed by atoms with Crippen LogP contribution in [0.2, 0.25) is 0 Å². The molecule has 3 aliphatic rings. The van der Waals surface area contributed by atoms with Crippen LogP contribution in [0, 0.1) is 17.8 Å². The summed E-state index contributed by atoms with van der Waals surface area (Å²) in [6.07, 6.45) is 4.67. The van der Waals surface area contributed by atoms with Crippen LogP contribution in [0.1, 0.15) is 25.7 Å². The monoisotopic (exact) mass is 168 g/mol. The Morgan fingerprint density at radius 2 is 2.25 bits per heavy atom. The molecule has 1 saturated heterocycles. The molecule has 1 aliphatic heterocycles. The molecule has 2 saturated carbocycles. The SMILES string of the molecule is OC1(C2CCOC2)CCC2CC21. The molecule has 3 fully saturated rings. The first-order valence-electron chi connectivity index (χ1n) is 5.11. The summed E-state index contributed by atoms with van der Waals surface area (Å²) in [7, 11) is 0. The number of hydrogen-bond acceptors (Lipinski definition) is 2. The molecular formula is C10H16O2. The van der Waals surface area contributed by atoms with Crippen LogP contribution in [0.25, 0.3) is 0 Å². The Hall–Kier alpha value is -0.0800. The third-order valence-corrected chi connectivity index (χ3v) is 4.12. The highest BCUT2D eigenvalue weighted by molar-refractivity contribution is 5.10. The van der Waals surface area contributed by atoms with Crippen molar-refractivity contribution < 1.29 is 9.84 Å². The third kappa shape index (κ3) is 0.826. The first-order chi connectivity index (χ1) is 5.81. The second-order valence-corrected chi connectivity index (χ2v) is 4.69. The van der Waals surface area contributed by atoms with Crippen molar-refractivity contribution in [3.8, 4) is 0 Å². The second-order valence-electron chi connectivity index (χ2n) is 4.69. The summed E-state index contributed by atoms with van der Waals surface area (Å²) < 4.78 is 5.34. The molecule has 3 rings (SSSR count). The number of hydrogen-bond donors (Lipinski definition) is 1. The van der Waals surface area contributed by atoms with E-state index in [1.807, 2.05) is 0 Å². The molecule has 4 unspecified atom stereocenters. The summed E-state index contributed by atoms with van der Waals surface area (Å²) in [5.74, 6) is 1.97. The van der Waals surface area contributed by atoms with Gasteiger partial charge in [-0.15, -0.1) is 0 Å². The van der Waals surface area contributed by atoms with E-state index >= 15 is 0 Å². The topological polar surface area (TPSA) is 29.5 Å². The number of fused-ring (bicyclic) bond motifs is 1. The van der Waals surface area contributed by atoms with Crippen LogP contribution in [-0.2, 0) is 4.74 Å². The van der Waals surface area contributed by atoms with Crippen molar-refractivity contribution in [2.45, 2.75) is 31.3 Å². The molecule has 0 aromatic rings. The molecule has 4 atom stereocenters. The fraction of sp³-hybridized carbons (Fsp3) is 1.00. The molecule has 2 nitrogen and oxygen atoms in total. The minimum Gasteiger partial charge on any atom is -0.389 e. The molecular weight excluding hydrogens is 152 g/mol. The van der Waals surface area contributed by atoms with Crippen molar-refractivity contribution in [3.05, 3.63) is 0 Å². The van der Waals surface area contributed by atoms with E-state index in [4.69, 9.17) is 4.74 Å². The van der Waals surface area contributed by atoms with Gasteiger partial charge in [0.15, 0.2) is 0 Å². The molecule has 0 radical (unpaired) electrons. The Kier molecular flexibility index (Phi) is 1.37. The zero-order valence-corrected chi connectivity index (χ0v) is 7.33. The minimum atomic E-state index is -0.318. The highest BCUT2D eigenvalue weighted by Gasteiger charge is 2.60. The summed E-state index contributed by atoms with van der Waals surface area (Å²) in [5.41, 5.74) is -0.318. The van der Waals surface area contributed by atoms with Gasteiger partial charge in [0.1, 0.15) is 0 Å². The summed E-state index contributed by atoms with van der Waals surface area (Å²) in [6.45, 7) is 1.67. The molecule has 0 spiro atoms. The fourth-order valence-corrected chi connectivity index (χ4v) is 3.22. The molecule has 1 N–H and O–H groups in total. The molecule has 12 heavy (non-hydrogen) atoms. The molecule has 68 valence electrons. The Labute approximate surface area is 72.9 Å². The predicted molar refractivity (Wildman–Crippen MR) is 44.7 cm³/mol. The van der Waals surface area contributed by atoms with Crippen molar-refractivity contribution in [3.63, 3.8) is 0 Å². The highest BCUT2D eigenvalue weighted by Crippen LogP contribution is 2.60. The lowest BCUT2D eigenvalue weighted by Crippen LogP contribution is -2.38. The quantitative estimate of drug-likeness (QED) is 0.637. The molecule has 2 heteroatoms. The molecule has 1 heterocycles. The van der Waals surface area contributed by atoms with Gasteiger partial charge in [-0.1, -0.05) is 0 Å². The maximum absolute atomic E-state index is 10.4. The van der Waals surface area contributed by atoms with Crippen LogP contribution in [0.5, 0.6) is 0 Å². The number of ether oxygens (including phenoxy) is 1. The van der Waals surface area contributed by atoms with E-state index in [0.717, 1.165) is 32.0 Å². The van der Waals surface area contributed by atoms with Crippen molar-refractivity contribution in [2.75, 3.05) is 13.2 Å². The predicted octanol–water partition coefficient (Wildman–Crippen LogP) is 1.18. The molecule has 0 aromatic heterocycles. The first kappa shape index (κ1) is 7.34. The van der Waals surface area contributed by atoms with Gasteiger partial charge in [0.2, 0.25) is 0 Å². The number of rotatable bonds is 1.